The fraction of sp³-hybridized carbons (Fsp3) is 0.417. The first-order chi connectivity index (χ1) is 8.19. The van der Waals surface area contributed by atoms with E-state index in [1.54, 1.807) is 20.2 Å². The van der Waals surface area contributed by atoms with E-state index >= 15 is 0 Å². The molecule has 17 heavy (non-hydrogen) atoms. The van der Waals surface area contributed by atoms with Crippen molar-refractivity contribution in [2.45, 2.75) is 12.1 Å². The largest absolute Gasteiger partial charge is 0.496 e. The molecule has 0 aromatic heterocycles. The van der Waals surface area contributed by atoms with E-state index in [0.717, 1.165) is 5.56 Å². The van der Waals surface area contributed by atoms with E-state index in [9.17, 15) is 9.90 Å². The Labute approximate surface area is 99.6 Å². The first-order valence-corrected chi connectivity index (χ1v) is 5.36. The van der Waals surface area contributed by atoms with E-state index in [1.165, 1.54) is 4.90 Å². The Morgan fingerprint density at radius 3 is 2.82 bits per heavy atom. The number of aliphatic hydroxyl groups is 1. The highest BCUT2D eigenvalue weighted by Crippen LogP contribution is 2.36. The molecule has 0 bridgehead atoms. The van der Waals surface area contributed by atoms with E-state index in [0.29, 0.717) is 5.75 Å². The summed E-state index contributed by atoms with van der Waals surface area (Å²) < 4.78 is 10.5. The van der Waals surface area contributed by atoms with Crippen LogP contribution in [0.1, 0.15) is 11.7 Å². The fourth-order valence-corrected chi connectivity index (χ4v) is 2.00. The van der Waals surface area contributed by atoms with Crippen LogP contribution in [-0.2, 0) is 4.74 Å². The number of carbonyl (C=O) groups excluding carboxylic acids is 1. The van der Waals surface area contributed by atoms with E-state index in [4.69, 9.17) is 9.47 Å². The zero-order valence-corrected chi connectivity index (χ0v) is 9.79. The predicted octanol–water partition coefficient (Wildman–Crippen LogP) is 1.18. The topological polar surface area (TPSA) is 59.0 Å². The van der Waals surface area contributed by atoms with Gasteiger partial charge in [-0.3, -0.25) is 0 Å². The van der Waals surface area contributed by atoms with Crippen molar-refractivity contribution in [1.82, 2.24) is 4.90 Å². The van der Waals surface area contributed by atoms with Crippen molar-refractivity contribution in [3.63, 3.8) is 0 Å². The van der Waals surface area contributed by atoms with Crippen LogP contribution in [0.15, 0.2) is 24.3 Å². The second-order valence-electron chi connectivity index (χ2n) is 3.91. The van der Waals surface area contributed by atoms with Crippen molar-refractivity contribution in [1.29, 1.82) is 0 Å². The molecule has 1 aliphatic rings. The zero-order valence-electron chi connectivity index (χ0n) is 9.79. The number of rotatable bonds is 3. The average molecular weight is 237 g/mol. The molecular formula is C12H15NO4. The number of hydrogen-bond acceptors (Lipinski definition) is 4. The molecule has 1 aromatic rings. The summed E-state index contributed by atoms with van der Waals surface area (Å²) in [5.41, 5.74) is 0.770. The van der Waals surface area contributed by atoms with Gasteiger partial charge in [-0.2, -0.15) is 0 Å². The maximum absolute atomic E-state index is 11.5. The maximum Gasteiger partial charge on any atom is 0.410 e. The quantitative estimate of drug-likeness (QED) is 0.857. The molecule has 1 fully saturated rings. The van der Waals surface area contributed by atoms with Gasteiger partial charge in [0.15, 0.2) is 6.10 Å². The lowest BCUT2D eigenvalue weighted by atomic mass is 10.0. The average Bonchev–Trinajstić information content (AvgIpc) is 2.65. The lowest BCUT2D eigenvalue weighted by Crippen LogP contribution is -2.33. The fourth-order valence-electron chi connectivity index (χ4n) is 2.00. The van der Waals surface area contributed by atoms with Crippen molar-refractivity contribution >= 4 is 6.09 Å². The highest BCUT2D eigenvalue weighted by Gasteiger charge is 2.41. The number of likely N-dealkylation sites (N-methyl/N-ethyl adjacent to an activating group) is 1. The number of nitrogens with zero attached hydrogens (tertiary/aromatic N) is 1. The highest BCUT2D eigenvalue weighted by molar-refractivity contribution is 5.71. The number of hydrogen-bond donors (Lipinski definition) is 1. The number of ether oxygens (including phenoxy) is 2. The molecule has 1 aromatic carbocycles. The zero-order chi connectivity index (χ0) is 12.4. The Kier molecular flexibility index (Phi) is 3.19. The summed E-state index contributed by atoms with van der Waals surface area (Å²) in [6.07, 6.45) is -0.923. The van der Waals surface area contributed by atoms with Gasteiger partial charge >= 0.3 is 6.09 Å². The van der Waals surface area contributed by atoms with Crippen LogP contribution in [0.5, 0.6) is 5.75 Å². The minimum atomic E-state index is -0.492. The molecule has 2 unspecified atom stereocenters. The van der Waals surface area contributed by atoms with Gasteiger partial charge in [-0.25, -0.2) is 4.79 Å². The molecule has 0 radical (unpaired) electrons. The monoisotopic (exact) mass is 237 g/mol. The molecule has 2 rings (SSSR count). The summed E-state index contributed by atoms with van der Waals surface area (Å²) in [5, 5.41) is 9.33. The van der Waals surface area contributed by atoms with Crippen LogP contribution < -0.4 is 4.74 Å². The molecule has 1 aliphatic heterocycles. The van der Waals surface area contributed by atoms with Crippen molar-refractivity contribution in [2.24, 2.45) is 0 Å². The SMILES string of the molecule is COc1ccccc1C1OC(=O)N(C)C1CO. The van der Waals surface area contributed by atoms with E-state index in [1.807, 2.05) is 18.2 Å². The summed E-state index contributed by atoms with van der Waals surface area (Å²) in [4.78, 5) is 12.9. The van der Waals surface area contributed by atoms with Crippen LogP contribution >= 0.6 is 0 Å². The van der Waals surface area contributed by atoms with Gasteiger partial charge in [-0.05, 0) is 6.07 Å². The second kappa shape index (κ2) is 4.63. The Morgan fingerprint density at radius 2 is 2.18 bits per heavy atom. The van der Waals surface area contributed by atoms with Gasteiger partial charge in [0.2, 0.25) is 0 Å². The molecule has 1 amide bonds. The van der Waals surface area contributed by atoms with Crippen LogP contribution in [0.3, 0.4) is 0 Å². The molecule has 0 saturated carbocycles. The maximum atomic E-state index is 11.5. The summed E-state index contributed by atoms with van der Waals surface area (Å²) in [7, 11) is 3.17. The van der Waals surface area contributed by atoms with E-state index < -0.39 is 12.2 Å². The van der Waals surface area contributed by atoms with Crippen molar-refractivity contribution in [3.8, 4) is 5.75 Å². The molecular weight excluding hydrogens is 222 g/mol. The molecule has 5 heteroatoms. The van der Waals surface area contributed by atoms with Crippen LogP contribution in [0.25, 0.3) is 0 Å². The van der Waals surface area contributed by atoms with Crippen LogP contribution in [0.4, 0.5) is 4.79 Å². The third-order valence-corrected chi connectivity index (χ3v) is 3.00. The Bertz CT molecular complexity index is 421. The Hall–Kier alpha value is -1.75. The molecule has 1 heterocycles. The smallest absolute Gasteiger partial charge is 0.410 e. The lowest BCUT2D eigenvalue weighted by Gasteiger charge is -2.20. The summed E-state index contributed by atoms with van der Waals surface area (Å²) in [6.45, 7) is -0.148. The van der Waals surface area contributed by atoms with Crippen molar-refractivity contribution < 1.29 is 19.4 Å². The Morgan fingerprint density at radius 1 is 1.47 bits per heavy atom. The van der Waals surface area contributed by atoms with Crippen molar-refractivity contribution in [2.75, 3.05) is 20.8 Å². The van der Waals surface area contributed by atoms with Crippen LogP contribution in [0, 0.1) is 0 Å². The molecule has 0 aliphatic carbocycles. The van der Waals surface area contributed by atoms with Gasteiger partial charge in [-0.1, -0.05) is 18.2 Å². The van der Waals surface area contributed by atoms with Gasteiger partial charge in [0.1, 0.15) is 5.75 Å². The number of benzene rings is 1. The van der Waals surface area contributed by atoms with Crippen molar-refractivity contribution in [3.05, 3.63) is 29.8 Å². The molecule has 2 atom stereocenters. The summed E-state index contributed by atoms with van der Waals surface area (Å²) in [6, 6.07) is 6.95. The van der Waals surface area contributed by atoms with E-state index in [-0.39, 0.29) is 12.6 Å². The number of aliphatic hydroxyl groups excluding tert-OH is 1. The number of amides is 1. The van der Waals surface area contributed by atoms with Crippen LogP contribution in [0.2, 0.25) is 0 Å². The number of cyclic esters (lactones) is 1. The number of methoxy groups -OCH3 is 1. The third-order valence-electron chi connectivity index (χ3n) is 3.00. The number of carbonyl (C=O) groups is 1. The minimum absolute atomic E-state index is 0.148. The normalized spacial score (nSPS) is 23.7. The first kappa shape index (κ1) is 11.7. The first-order valence-electron chi connectivity index (χ1n) is 5.36. The molecule has 0 spiro atoms. The molecule has 5 nitrogen and oxygen atoms in total. The summed E-state index contributed by atoms with van der Waals surface area (Å²) >= 11 is 0. The lowest BCUT2D eigenvalue weighted by molar-refractivity contribution is 0.116. The molecule has 92 valence electrons. The molecule has 1 saturated heterocycles. The van der Waals surface area contributed by atoms with Crippen LogP contribution in [-0.4, -0.2) is 42.9 Å². The predicted molar refractivity (Wildman–Crippen MR) is 60.9 cm³/mol. The van der Waals surface area contributed by atoms with Gasteiger partial charge in [0.25, 0.3) is 0 Å². The minimum Gasteiger partial charge on any atom is -0.496 e. The van der Waals surface area contributed by atoms with Gasteiger partial charge in [0.05, 0.1) is 19.8 Å². The molecule has 1 N–H and O–H groups in total. The summed E-state index contributed by atoms with van der Waals surface area (Å²) in [5.74, 6) is 0.652. The standard InChI is InChI=1S/C12H15NO4/c1-13-9(7-14)11(17-12(13)15)8-5-3-4-6-10(8)16-2/h3-6,9,11,14H,7H2,1-2H3. The Balaban J connectivity index is 2.36. The van der Waals surface area contributed by atoms with Gasteiger partial charge < -0.3 is 19.5 Å². The number of para-hydroxylation sites is 1. The third kappa shape index (κ3) is 1.93. The highest BCUT2D eigenvalue weighted by atomic mass is 16.6. The van der Waals surface area contributed by atoms with Gasteiger partial charge in [-0.15, -0.1) is 0 Å². The van der Waals surface area contributed by atoms with Gasteiger partial charge in [0, 0.05) is 12.6 Å². The second-order valence-corrected chi connectivity index (χ2v) is 3.91. The van der Waals surface area contributed by atoms with E-state index in [2.05, 4.69) is 0 Å².